The van der Waals surface area contributed by atoms with Crippen LogP contribution < -0.4 is 20.7 Å². The Balaban J connectivity index is 2.06. The third kappa shape index (κ3) is 5.32. The Morgan fingerprint density at radius 3 is 2.36 bits per heavy atom. The highest BCUT2D eigenvalue weighted by molar-refractivity contribution is 6.09. The largest absolute Gasteiger partial charge is 0.497 e. The second kappa shape index (κ2) is 9.44. The van der Waals surface area contributed by atoms with Gasteiger partial charge in [0.1, 0.15) is 5.75 Å². The number of carbonyl (C=O) groups excluding carboxylic acids is 2. The lowest BCUT2D eigenvalue weighted by Crippen LogP contribution is -2.32. The minimum atomic E-state index is -0.282. The van der Waals surface area contributed by atoms with Crippen molar-refractivity contribution in [2.45, 2.75) is 6.92 Å². The number of para-hydroxylation sites is 1. The van der Waals surface area contributed by atoms with Gasteiger partial charge in [-0.2, -0.15) is 0 Å². The zero-order valence-electron chi connectivity index (χ0n) is 14.5. The lowest BCUT2D eigenvalue weighted by atomic mass is 10.1. The Hall–Kier alpha value is -2.86. The van der Waals surface area contributed by atoms with Gasteiger partial charge in [-0.05, 0) is 42.9 Å². The van der Waals surface area contributed by atoms with Gasteiger partial charge in [0.05, 0.1) is 18.4 Å². The molecule has 0 aliphatic rings. The van der Waals surface area contributed by atoms with E-state index in [0.717, 1.165) is 6.54 Å². The second-order valence-corrected chi connectivity index (χ2v) is 5.34. The van der Waals surface area contributed by atoms with Crippen molar-refractivity contribution in [3.63, 3.8) is 0 Å². The maximum atomic E-state index is 12.4. The molecule has 0 spiro atoms. The van der Waals surface area contributed by atoms with Crippen LogP contribution in [0, 0.1) is 0 Å². The number of anilines is 1. The zero-order valence-corrected chi connectivity index (χ0v) is 14.5. The van der Waals surface area contributed by atoms with Crippen molar-refractivity contribution in [2.75, 3.05) is 32.1 Å². The molecule has 25 heavy (non-hydrogen) atoms. The monoisotopic (exact) mass is 341 g/mol. The minimum Gasteiger partial charge on any atom is -0.497 e. The molecule has 6 nitrogen and oxygen atoms in total. The van der Waals surface area contributed by atoms with Crippen molar-refractivity contribution in [3.8, 4) is 5.75 Å². The van der Waals surface area contributed by atoms with E-state index in [4.69, 9.17) is 4.74 Å². The van der Waals surface area contributed by atoms with Crippen molar-refractivity contribution in [3.05, 3.63) is 59.7 Å². The van der Waals surface area contributed by atoms with E-state index in [-0.39, 0.29) is 11.8 Å². The molecule has 0 saturated heterocycles. The molecule has 3 N–H and O–H groups in total. The van der Waals surface area contributed by atoms with E-state index >= 15 is 0 Å². The van der Waals surface area contributed by atoms with Gasteiger partial charge in [0.15, 0.2) is 0 Å². The Morgan fingerprint density at radius 2 is 1.68 bits per heavy atom. The molecule has 2 aromatic rings. The first-order valence-electron chi connectivity index (χ1n) is 8.19. The van der Waals surface area contributed by atoms with Crippen LogP contribution in [0.25, 0.3) is 0 Å². The number of hydrogen-bond donors (Lipinski definition) is 3. The molecule has 0 fully saturated rings. The topological polar surface area (TPSA) is 79.5 Å². The first kappa shape index (κ1) is 18.5. The fourth-order valence-electron chi connectivity index (χ4n) is 2.26. The second-order valence-electron chi connectivity index (χ2n) is 5.34. The predicted molar refractivity (Wildman–Crippen MR) is 98.3 cm³/mol. The van der Waals surface area contributed by atoms with Crippen LogP contribution in [-0.4, -0.2) is 38.6 Å². The highest BCUT2D eigenvalue weighted by atomic mass is 16.5. The number of likely N-dealkylation sites (N-methyl/N-ethyl adjacent to an activating group) is 1. The molecule has 0 unspecified atom stereocenters. The lowest BCUT2D eigenvalue weighted by molar-refractivity contribution is 0.0955. The summed E-state index contributed by atoms with van der Waals surface area (Å²) in [6.07, 6.45) is 0. The summed E-state index contributed by atoms with van der Waals surface area (Å²) in [5.41, 5.74) is 1.40. The molecule has 0 aliphatic heterocycles. The van der Waals surface area contributed by atoms with Gasteiger partial charge in [-0.25, -0.2) is 0 Å². The molecule has 0 radical (unpaired) electrons. The van der Waals surface area contributed by atoms with E-state index in [0.29, 0.717) is 35.7 Å². The molecule has 2 amide bonds. The molecular formula is C19H23N3O3. The average molecular weight is 341 g/mol. The van der Waals surface area contributed by atoms with Gasteiger partial charge in [-0.3, -0.25) is 9.59 Å². The van der Waals surface area contributed by atoms with Crippen molar-refractivity contribution in [2.24, 2.45) is 0 Å². The summed E-state index contributed by atoms with van der Waals surface area (Å²) >= 11 is 0. The fourth-order valence-corrected chi connectivity index (χ4v) is 2.26. The van der Waals surface area contributed by atoms with Crippen LogP contribution >= 0.6 is 0 Å². The first-order chi connectivity index (χ1) is 12.2. The van der Waals surface area contributed by atoms with Gasteiger partial charge in [-0.1, -0.05) is 19.1 Å². The standard InChI is InChI=1S/C19H23N3O3/c1-3-20-12-13-21-19(24)16-6-4-5-7-17(16)22-18(23)14-8-10-15(25-2)11-9-14/h4-11,20H,3,12-13H2,1-2H3,(H,21,24)(H,22,23). The van der Waals surface area contributed by atoms with E-state index in [1.54, 1.807) is 55.6 Å². The van der Waals surface area contributed by atoms with Crippen LogP contribution in [0.15, 0.2) is 48.5 Å². The average Bonchev–Trinajstić information content (AvgIpc) is 2.65. The van der Waals surface area contributed by atoms with E-state index in [1.165, 1.54) is 0 Å². The Morgan fingerprint density at radius 1 is 0.960 bits per heavy atom. The van der Waals surface area contributed by atoms with Crippen molar-refractivity contribution >= 4 is 17.5 Å². The van der Waals surface area contributed by atoms with Gasteiger partial charge in [0.25, 0.3) is 11.8 Å². The number of amides is 2. The smallest absolute Gasteiger partial charge is 0.255 e. The number of rotatable bonds is 8. The van der Waals surface area contributed by atoms with E-state index in [9.17, 15) is 9.59 Å². The van der Waals surface area contributed by atoms with Crippen LogP contribution in [0.5, 0.6) is 5.75 Å². The molecule has 2 rings (SSSR count). The van der Waals surface area contributed by atoms with Crippen molar-refractivity contribution < 1.29 is 14.3 Å². The third-order valence-corrected chi connectivity index (χ3v) is 3.61. The first-order valence-corrected chi connectivity index (χ1v) is 8.19. The highest BCUT2D eigenvalue weighted by Crippen LogP contribution is 2.17. The molecule has 2 aromatic carbocycles. The summed E-state index contributed by atoms with van der Waals surface area (Å²) in [5.74, 6) is 0.177. The van der Waals surface area contributed by atoms with Crippen molar-refractivity contribution in [1.82, 2.24) is 10.6 Å². The summed E-state index contributed by atoms with van der Waals surface area (Å²) in [6, 6.07) is 13.7. The van der Waals surface area contributed by atoms with Gasteiger partial charge in [0, 0.05) is 18.7 Å². The van der Waals surface area contributed by atoms with Crippen LogP contribution in [0.3, 0.4) is 0 Å². The predicted octanol–water partition coefficient (Wildman–Crippen LogP) is 2.29. The van der Waals surface area contributed by atoms with Crippen LogP contribution in [0.1, 0.15) is 27.6 Å². The van der Waals surface area contributed by atoms with Crippen molar-refractivity contribution in [1.29, 1.82) is 0 Å². The molecule has 0 bridgehead atoms. The highest BCUT2D eigenvalue weighted by Gasteiger charge is 2.13. The minimum absolute atomic E-state index is 0.219. The lowest BCUT2D eigenvalue weighted by Gasteiger charge is -2.12. The Bertz CT molecular complexity index is 714. The normalized spacial score (nSPS) is 10.2. The number of methoxy groups -OCH3 is 1. The number of ether oxygens (including phenoxy) is 1. The summed E-state index contributed by atoms with van der Waals surface area (Å²) in [5, 5.41) is 8.76. The molecule has 0 heterocycles. The third-order valence-electron chi connectivity index (χ3n) is 3.61. The van der Waals surface area contributed by atoms with Gasteiger partial charge < -0.3 is 20.7 Å². The summed E-state index contributed by atoms with van der Waals surface area (Å²) in [4.78, 5) is 24.7. The van der Waals surface area contributed by atoms with Gasteiger partial charge in [0.2, 0.25) is 0 Å². The summed E-state index contributed by atoms with van der Waals surface area (Å²) < 4.78 is 5.08. The molecule has 0 saturated carbocycles. The molecule has 132 valence electrons. The van der Waals surface area contributed by atoms with Gasteiger partial charge in [-0.15, -0.1) is 0 Å². The SMILES string of the molecule is CCNCCNC(=O)c1ccccc1NC(=O)c1ccc(OC)cc1. The van der Waals surface area contributed by atoms with E-state index in [2.05, 4.69) is 16.0 Å². The fraction of sp³-hybridized carbons (Fsp3) is 0.263. The van der Waals surface area contributed by atoms with Crippen LogP contribution in [0.4, 0.5) is 5.69 Å². The number of nitrogens with one attached hydrogen (secondary N) is 3. The number of hydrogen-bond acceptors (Lipinski definition) is 4. The molecule has 0 aliphatic carbocycles. The maximum absolute atomic E-state index is 12.4. The van der Waals surface area contributed by atoms with Gasteiger partial charge >= 0.3 is 0 Å². The van der Waals surface area contributed by atoms with E-state index < -0.39 is 0 Å². The molecular weight excluding hydrogens is 318 g/mol. The molecule has 0 aromatic heterocycles. The molecule has 6 heteroatoms. The Kier molecular flexibility index (Phi) is 6.98. The molecule has 0 atom stereocenters. The Labute approximate surface area is 147 Å². The number of carbonyl (C=O) groups is 2. The quantitative estimate of drug-likeness (QED) is 0.644. The summed E-state index contributed by atoms with van der Waals surface area (Å²) in [7, 11) is 1.57. The zero-order chi connectivity index (χ0) is 18.1. The number of benzene rings is 2. The maximum Gasteiger partial charge on any atom is 0.255 e. The van der Waals surface area contributed by atoms with Crippen LogP contribution in [0.2, 0.25) is 0 Å². The van der Waals surface area contributed by atoms with Crippen LogP contribution in [-0.2, 0) is 0 Å². The summed E-state index contributed by atoms with van der Waals surface area (Å²) in [6.45, 7) is 4.08. The van der Waals surface area contributed by atoms with E-state index in [1.807, 2.05) is 6.92 Å².